The van der Waals surface area contributed by atoms with Crippen molar-refractivity contribution in [3.63, 3.8) is 0 Å². The molecule has 2 atom stereocenters. The van der Waals surface area contributed by atoms with Crippen molar-refractivity contribution in [1.29, 1.82) is 0 Å². The Morgan fingerprint density at radius 1 is 1.06 bits per heavy atom. The average Bonchev–Trinajstić information content (AvgIpc) is 3.24. The van der Waals surface area contributed by atoms with E-state index in [0.717, 1.165) is 40.2 Å². The number of anilines is 1. The van der Waals surface area contributed by atoms with Gasteiger partial charge in [0.25, 0.3) is 5.91 Å². The summed E-state index contributed by atoms with van der Waals surface area (Å²) in [4.78, 5) is 28.5. The fraction of sp³-hybridized carbons (Fsp3) is 0.360. The van der Waals surface area contributed by atoms with Gasteiger partial charge in [-0.05, 0) is 67.9 Å². The first kappa shape index (κ1) is 23.5. The molecule has 3 amide bonds. The Kier molecular flexibility index (Phi) is 7.22. The molecule has 6 nitrogen and oxygen atoms in total. The van der Waals surface area contributed by atoms with Gasteiger partial charge in [-0.2, -0.15) is 0 Å². The number of piperidine rings is 3. The van der Waals surface area contributed by atoms with Gasteiger partial charge in [-0.15, -0.1) is 23.7 Å². The molecule has 6 rings (SSSR count). The van der Waals surface area contributed by atoms with Gasteiger partial charge < -0.3 is 20.9 Å². The summed E-state index contributed by atoms with van der Waals surface area (Å²) < 4.78 is 0.984. The van der Waals surface area contributed by atoms with Crippen molar-refractivity contribution < 1.29 is 9.59 Å². The molecule has 3 aromatic rings. The maximum Gasteiger partial charge on any atom is 0.319 e. The second-order valence-corrected chi connectivity index (χ2v) is 9.90. The van der Waals surface area contributed by atoms with Crippen LogP contribution in [0, 0.1) is 5.92 Å². The number of amides is 3. The molecule has 8 heteroatoms. The van der Waals surface area contributed by atoms with Crippen LogP contribution in [-0.4, -0.2) is 42.5 Å². The van der Waals surface area contributed by atoms with Crippen molar-refractivity contribution in [2.45, 2.75) is 31.8 Å². The fourth-order valence-electron chi connectivity index (χ4n) is 4.78. The molecule has 0 radical (unpaired) electrons. The maximum atomic E-state index is 12.9. The summed E-state index contributed by atoms with van der Waals surface area (Å²) in [5.74, 6) is 0.611. The summed E-state index contributed by atoms with van der Waals surface area (Å²) in [6.07, 6.45) is 2.36. The van der Waals surface area contributed by atoms with Crippen LogP contribution in [0.2, 0.25) is 0 Å². The molecule has 33 heavy (non-hydrogen) atoms. The number of nitrogens with zero attached hydrogens (tertiary/aromatic N) is 1. The number of nitrogens with one attached hydrogen (secondary N) is 3. The highest BCUT2D eigenvalue weighted by Gasteiger charge is 2.35. The van der Waals surface area contributed by atoms with E-state index < -0.39 is 0 Å². The molecule has 0 saturated carbocycles. The normalized spacial score (nSPS) is 22.3. The summed E-state index contributed by atoms with van der Waals surface area (Å²) >= 11 is 1.47. The molecule has 2 unspecified atom stereocenters. The summed E-state index contributed by atoms with van der Waals surface area (Å²) in [6.45, 7) is 5.24. The number of hydrogen-bond acceptors (Lipinski definition) is 4. The Morgan fingerprint density at radius 2 is 1.82 bits per heavy atom. The van der Waals surface area contributed by atoms with Crippen LogP contribution in [0.15, 0.2) is 54.6 Å². The minimum absolute atomic E-state index is 0. The van der Waals surface area contributed by atoms with Crippen molar-refractivity contribution in [2.24, 2.45) is 5.92 Å². The minimum Gasteiger partial charge on any atom is -0.347 e. The zero-order valence-electron chi connectivity index (χ0n) is 18.5. The third-order valence-electron chi connectivity index (χ3n) is 6.62. The van der Waals surface area contributed by atoms with Gasteiger partial charge in [0.15, 0.2) is 0 Å². The highest BCUT2D eigenvalue weighted by atomic mass is 35.5. The third-order valence-corrected chi connectivity index (χ3v) is 7.72. The van der Waals surface area contributed by atoms with E-state index in [2.05, 4.69) is 20.9 Å². The second kappa shape index (κ2) is 10.1. The summed E-state index contributed by atoms with van der Waals surface area (Å²) in [5.41, 5.74) is 1.76. The number of thiophene rings is 1. The van der Waals surface area contributed by atoms with Gasteiger partial charge in [-0.1, -0.05) is 36.4 Å². The molecule has 4 heterocycles. The number of hydrogen-bond donors (Lipinski definition) is 3. The molecule has 0 aliphatic carbocycles. The predicted molar refractivity (Wildman–Crippen MR) is 137 cm³/mol. The quantitative estimate of drug-likeness (QED) is 0.475. The Hall–Kier alpha value is -2.61. The number of urea groups is 1. The largest absolute Gasteiger partial charge is 0.347 e. The molecule has 0 spiro atoms. The maximum absolute atomic E-state index is 12.9. The number of fused-ring (bicyclic) bond motifs is 4. The Morgan fingerprint density at radius 3 is 2.52 bits per heavy atom. The zero-order chi connectivity index (χ0) is 22.1. The van der Waals surface area contributed by atoms with E-state index in [0.29, 0.717) is 11.6 Å². The number of rotatable bonds is 5. The van der Waals surface area contributed by atoms with Crippen LogP contribution in [0.3, 0.4) is 0 Å². The summed E-state index contributed by atoms with van der Waals surface area (Å²) in [5, 5.41) is 10.1. The number of carbonyl (C=O) groups excluding carboxylic acids is 2. The van der Waals surface area contributed by atoms with Crippen LogP contribution in [0.4, 0.5) is 10.5 Å². The first-order valence-electron chi connectivity index (χ1n) is 11.2. The molecule has 2 aromatic carbocycles. The summed E-state index contributed by atoms with van der Waals surface area (Å²) in [7, 11) is 0. The number of halogens is 1. The zero-order valence-corrected chi connectivity index (χ0v) is 20.2. The highest BCUT2D eigenvalue weighted by molar-refractivity contribution is 7.20. The van der Waals surface area contributed by atoms with E-state index in [9.17, 15) is 9.59 Å². The van der Waals surface area contributed by atoms with Gasteiger partial charge in [-0.25, -0.2) is 4.79 Å². The lowest BCUT2D eigenvalue weighted by Crippen LogP contribution is -2.57. The molecule has 3 fully saturated rings. The van der Waals surface area contributed by atoms with E-state index >= 15 is 0 Å². The molecular formula is C25H29ClN4O2S. The molecule has 2 bridgehead atoms. The van der Waals surface area contributed by atoms with Crippen molar-refractivity contribution >= 4 is 51.5 Å². The second-order valence-electron chi connectivity index (χ2n) is 8.81. The van der Waals surface area contributed by atoms with Crippen LogP contribution in [0.1, 0.15) is 41.0 Å². The van der Waals surface area contributed by atoms with E-state index in [4.69, 9.17) is 0 Å². The van der Waals surface area contributed by atoms with Crippen LogP contribution in [0.5, 0.6) is 0 Å². The topological polar surface area (TPSA) is 73.5 Å². The van der Waals surface area contributed by atoms with Gasteiger partial charge >= 0.3 is 6.03 Å². The van der Waals surface area contributed by atoms with Gasteiger partial charge in [0.1, 0.15) is 0 Å². The molecule has 3 N–H and O–H groups in total. The van der Waals surface area contributed by atoms with Crippen molar-refractivity contribution in [3.05, 3.63) is 65.0 Å². The lowest BCUT2D eigenvalue weighted by atomic mass is 9.84. The minimum atomic E-state index is -0.252. The van der Waals surface area contributed by atoms with Gasteiger partial charge in [0.2, 0.25) is 0 Å². The van der Waals surface area contributed by atoms with E-state index in [1.165, 1.54) is 24.2 Å². The SMILES string of the molecule is CC(NC(=O)Nc1ccc2cc(C(=O)NC3CN4CCC3CC4)sc2c1)c1ccccc1.Cl. The van der Waals surface area contributed by atoms with Crippen molar-refractivity contribution in [2.75, 3.05) is 25.0 Å². The molecule has 3 aliphatic heterocycles. The first-order valence-corrected chi connectivity index (χ1v) is 12.1. The number of carbonyl (C=O) groups is 2. The van der Waals surface area contributed by atoms with E-state index in [1.54, 1.807) is 0 Å². The third kappa shape index (κ3) is 5.32. The van der Waals surface area contributed by atoms with Crippen LogP contribution < -0.4 is 16.0 Å². The summed E-state index contributed by atoms with van der Waals surface area (Å²) in [6, 6.07) is 17.5. The first-order chi connectivity index (χ1) is 15.5. The fourth-order valence-corrected chi connectivity index (χ4v) is 5.78. The molecular weight excluding hydrogens is 456 g/mol. The monoisotopic (exact) mass is 484 g/mol. The lowest BCUT2D eigenvalue weighted by molar-refractivity contribution is 0.0622. The standard InChI is InChI=1S/C25H28N4O2S.ClH/c1-16(17-5-3-2-4-6-17)26-25(31)27-20-8-7-19-13-23(32-22(19)14-20)24(30)28-21-15-29-11-9-18(21)10-12-29;/h2-8,13-14,16,18,21H,9-12,15H2,1H3,(H,28,30)(H2,26,27,31);1H. The van der Waals surface area contributed by atoms with Crippen LogP contribution in [0.25, 0.3) is 10.1 Å². The Balaban J connectivity index is 0.00000259. The van der Waals surface area contributed by atoms with Gasteiger partial charge in [-0.3, -0.25) is 4.79 Å². The Labute approximate surface area is 204 Å². The molecule has 1 aromatic heterocycles. The smallest absolute Gasteiger partial charge is 0.319 e. The van der Waals surface area contributed by atoms with Crippen molar-refractivity contribution in [1.82, 2.24) is 15.5 Å². The average molecular weight is 485 g/mol. The lowest BCUT2D eigenvalue weighted by Gasteiger charge is -2.44. The van der Waals surface area contributed by atoms with Crippen LogP contribution >= 0.6 is 23.7 Å². The predicted octanol–water partition coefficient (Wildman–Crippen LogP) is 5.03. The number of benzene rings is 2. The van der Waals surface area contributed by atoms with E-state index in [1.807, 2.05) is 61.5 Å². The van der Waals surface area contributed by atoms with Crippen molar-refractivity contribution in [3.8, 4) is 0 Å². The Bertz CT molecular complexity index is 1130. The molecule has 3 saturated heterocycles. The molecule has 3 aliphatic rings. The van der Waals surface area contributed by atoms with Gasteiger partial charge in [0, 0.05) is 23.0 Å². The van der Waals surface area contributed by atoms with Gasteiger partial charge in [0.05, 0.1) is 10.9 Å². The van der Waals surface area contributed by atoms with E-state index in [-0.39, 0.29) is 36.4 Å². The molecule has 174 valence electrons. The van der Waals surface area contributed by atoms with Crippen LogP contribution in [-0.2, 0) is 0 Å². The highest BCUT2D eigenvalue weighted by Crippen LogP contribution is 2.30.